The van der Waals surface area contributed by atoms with Gasteiger partial charge >= 0.3 is 0 Å². The van der Waals surface area contributed by atoms with Gasteiger partial charge in [0, 0.05) is 13.1 Å². The molecular formula is C15H31NO. The molecule has 17 heavy (non-hydrogen) atoms. The van der Waals surface area contributed by atoms with Gasteiger partial charge in [0.15, 0.2) is 0 Å². The highest BCUT2D eigenvalue weighted by Gasteiger charge is 2.23. The van der Waals surface area contributed by atoms with Crippen molar-refractivity contribution < 1.29 is 5.11 Å². The molecule has 2 atom stereocenters. The Labute approximate surface area is 107 Å². The van der Waals surface area contributed by atoms with Crippen molar-refractivity contribution in [1.29, 1.82) is 0 Å². The molecule has 0 aromatic carbocycles. The van der Waals surface area contributed by atoms with Gasteiger partial charge in [0.1, 0.15) is 0 Å². The number of piperidine rings is 1. The fourth-order valence-corrected chi connectivity index (χ4v) is 2.72. The monoisotopic (exact) mass is 241 g/mol. The van der Waals surface area contributed by atoms with Gasteiger partial charge in [-0.15, -0.1) is 0 Å². The lowest BCUT2D eigenvalue weighted by Crippen LogP contribution is -2.42. The number of hydrogen-bond acceptors (Lipinski definition) is 2. The van der Waals surface area contributed by atoms with Crippen LogP contribution in [-0.2, 0) is 0 Å². The third-order valence-corrected chi connectivity index (χ3v) is 4.02. The maximum absolute atomic E-state index is 9.66. The Morgan fingerprint density at radius 3 is 2.35 bits per heavy atom. The molecule has 0 aromatic heterocycles. The van der Waals surface area contributed by atoms with Crippen molar-refractivity contribution in [1.82, 2.24) is 4.90 Å². The largest absolute Gasteiger partial charge is 0.393 e. The molecule has 2 heteroatoms. The molecule has 0 radical (unpaired) electrons. The van der Waals surface area contributed by atoms with Crippen LogP contribution in [0.3, 0.4) is 0 Å². The summed E-state index contributed by atoms with van der Waals surface area (Å²) in [7, 11) is 0. The van der Waals surface area contributed by atoms with Crippen molar-refractivity contribution in [2.75, 3.05) is 19.6 Å². The summed E-state index contributed by atoms with van der Waals surface area (Å²) in [4.78, 5) is 2.53. The molecule has 1 aliphatic rings. The summed E-state index contributed by atoms with van der Waals surface area (Å²) in [6.45, 7) is 7.87. The van der Waals surface area contributed by atoms with Crippen LogP contribution in [0.25, 0.3) is 0 Å². The van der Waals surface area contributed by atoms with E-state index in [0.29, 0.717) is 5.92 Å². The molecule has 1 fully saturated rings. The second-order valence-electron chi connectivity index (χ2n) is 5.76. The zero-order chi connectivity index (χ0) is 12.5. The minimum absolute atomic E-state index is 0.0553. The molecule has 1 heterocycles. The molecule has 2 unspecified atom stereocenters. The molecule has 1 aliphatic heterocycles. The zero-order valence-corrected chi connectivity index (χ0v) is 11.8. The summed E-state index contributed by atoms with van der Waals surface area (Å²) in [6, 6.07) is 0. The Kier molecular flexibility index (Phi) is 7.87. The highest BCUT2D eigenvalue weighted by molar-refractivity contribution is 4.76. The van der Waals surface area contributed by atoms with E-state index in [0.717, 1.165) is 19.5 Å². The summed E-state index contributed by atoms with van der Waals surface area (Å²) in [5.41, 5.74) is 0. The molecular weight excluding hydrogens is 210 g/mol. The van der Waals surface area contributed by atoms with Crippen molar-refractivity contribution in [3.05, 3.63) is 0 Å². The maximum Gasteiger partial charge on any atom is 0.0590 e. The van der Waals surface area contributed by atoms with Crippen molar-refractivity contribution in [2.24, 2.45) is 5.92 Å². The summed E-state index contributed by atoms with van der Waals surface area (Å²) < 4.78 is 0. The lowest BCUT2D eigenvalue weighted by molar-refractivity contribution is 0.0345. The quantitative estimate of drug-likeness (QED) is 0.658. The van der Waals surface area contributed by atoms with Gasteiger partial charge in [-0.05, 0) is 25.3 Å². The normalized spacial score (nSPS) is 26.3. The van der Waals surface area contributed by atoms with Gasteiger partial charge in [-0.3, -0.25) is 0 Å². The fourth-order valence-electron chi connectivity index (χ4n) is 2.72. The summed E-state index contributed by atoms with van der Waals surface area (Å²) in [5, 5.41) is 9.66. The van der Waals surface area contributed by atoms with Crippen LogP contribution >= 0.6 is 0 Å². The molecule has 1 N–H and O–H groups in total. The van der Waals surface area contributed by atoms with E-state index in [4.69, 9.17) is 0 Å². The molecule has 0 spiro atoms. The number of hydrogen-bond donors (Lipinski definition) is 1. The Morgan fingerprint density at radius 1 is 1.06 bits per heavy atom. The SMILES string of the molecule is CCCCCCCCCN1CCC(O)C(C)C1. The van der Waals surface area contributed by atoms with E-state index < -0.39 is 0 Å². The first-order valence-corrected chi connectivity index (χ1v) is 7.64. The van der Waals surface area contributed by atoms with E-state index in [2.05, 4.69) is 18.7 Å². The van der Waals surface area contributed by atoms with E-state index in [-0.39, 0.29) is 6.10 Å². The van der Waals surface area contributed by atoms with Gasteiger partial charge in [-0.1, -0.05) is 52.4 Å². The molecule has 102 valence electrons. The van der Waals surface area contributed by atoms with E-state index in [1.165, 1.54) is 51.5 Å². The number of rotatable bonds is 8. The third kappa shape index (κ3) is 6.42. The van der Waals surface area contributed by atoms with Crippen LogP contribution in [0.2, 0.25) is 0 Å². The van der Waals surface area contributed by atoms with Gasteiger partial charge in [-0.25, -0.2) is 0 Å². The van der Waals surface area contributed by atoms with E-state index in [9.17, 15) is 5.11 Å². The molecule has 0 aliphatic carbocycles. The standard InChI is InChI=1S/C15H31NO/c1-3-4-5-6-7-8-9-11-16-12-10-15(17)14(2)13-16/h14-15,17H,3-13H2,1-2H3. The average molecular weight is 241 g/mol. The van der Waals surface area contributed by atoms with Gasteiger partial charge in [0.05, 0.1) is 6.10 Å². The summed E-state index contributed by atoms with van der Waals surface area (Å²) in [6.07, 6.45) is 10.6. The topological polar surface area (TPSA) is 23.5 Å². The zero-order valence-electron chi connectivity index (χ0n) is 11.8. The van der Waals surface area contributed by atoms with Crippen molar-refractivity contribution >= 4 is 0 Å². The number of unbranched alkanes of at least 4 members (excludes halogenated alkanes) is 6. The predicted molar refractivity (Wildman–Crippen MR) is 74.2 cm³/mol. The van der Waals surface area contributed by atoms with E-state index in [1.54, 1.807) is 0 Å². The fraction of sp³-hybridized carbons (Fsp3) is 1.00. The molecule has 0 aromatic rings. The second kappa shape index (κ2) is 8.93. The van der Waals surface area contributed by atoms with Crippen LogP contribution in [0.15, 0.2) is 0 Å². The van der Waals surface area contributed by atoms with Crippen LogP contribution in [0.4, 0.5) is 0 Å². The van der Waals surface area contributed by atoms with Crippen LogP contribution in [-0.4, -0.2) is 35.7 Å². The number of aliphatic hydroxyl groups is 1. The predicted octanol–water partition coefficient (Wildman–Crippen LogP) is 3.44. The Hall–Kier alpha value is -0.0800. The minimum atomic E-state index is -0.0553. The molecule has 1 rings (SSSR count). The third-order valence-electron chi connectivity index (χ3n) is 4.02. The van der Waals surface area contributed by atoms with Gasteiger partial charge in [-0.2, -0.15) is 0 Å². The van der Waals surface area contributed by atoms with Crippen LogP contribution in [0, 0.1) is 5.92 Å². The number of aliphatic hydroxyl groups excluding tert-OH is 1. The first kappa shape index (κ1) is 15.0. The average Bonchev–Trinajstić information content (AvgIpc) is 2.32. The Bertz CT molecular complexity index is 184. The second-order valence-corrected chi connectivity index (χ2v) is 5.76. The highest BCUT2D eigenvalue weighted by atomic mass is 16.3. The molecule has 0 amide bonds. The highest BCUT2D eigenvalue weighted by Crippen LogP contribution is 2.17. The number of likely N-dealkylation sites (tertiary alicyclic amines) is 1. The smallest absolute Gasteiger partial charge is 0.0590 e. The van der Waals surface area contributed by atoms with Gasteiger partial charge < -0.3 is 10.0 Å². The lowest BCUT2D eigenvalue weighted by Gasteiger charge is -2.34. The lowest BCUT2D eigenvalue weighted by atomic mass is 9.96. The first-order valence-electron chi connectivity index (χ1n) is 7.64. The van der Waals surface area contributed by atoms with Crippen LogP contribution in [0.5, 0.6) is 0 Å². The van der Waals surface area contributed by atoms with Crippen molar-refractivity contribution in [2.45, 2.75) is 71.3 Å². The van der Waals surface area contributed by atoms with Gasteiger partial charge in [0.25, 0.3) is 0 Å². The molecule has 0 saturated carbocycles. The summed E-state index contributed by atoms with van der Waals surface area (Å²) >= 11 is 0. The molecule has 2 nitrogen and oxygen atoms in total. The Morgan fingerprint density at radius 2 is 1.71 bits per heavy atom. The van der Waals surface area contributed by atoms with Gasteiger partial charge in [0.2, 0.25) is 0 Å². The van der Waals surface area contributed by atoms with E-state index in [1.807, 2.05) is 0 Å². The summed E-state index contributed by atoms with van der Waals surface area (Å²) in [5.74, 6) is 0.466. The van der Waals surface area contributed by atoms with Crippen LogP contribution in [0.1, 0.15) is 65.2 Å². The number of nitrogens with zero attached hydrogens (tertiary/aromatic N) is 1. The maximum atomic E-state index is 9.66. The first-order chi connectivity index (χ1) is 8.24. The molecule has 1 saturated heterocycles. The molecule has 0 bridgehead atoms. The van der Waals surface area contributed by atoms with E-state index >= 15 is 0 Å². The minimum Gasteiger partial charge on any atom is -0.393 e. The Balaban J connectivity index is 1.92. The van der Waals surface area contributed by atoms with Crippen molar-refractivity contribution in [3.63, 3.8) is 0 Å². The van der Waals surface area contributed by atoms with Crippen LogP contribution < -0.4 is 0 Å². The van der Waals surface area contributed by atoms with Crippen molar-refractivity contribution in [3.8, 4) is 0 Å².